The molecular weight excluding hydrogens is 552 g/mol. The van der Waals surface area contributed by atoms with Crippen molar-refractivity contribution in [1.82, 2.24) is 14.5 Å². The van der Waals surface area contributed by atoms with Gasteiger partial charge in [0.2, 0.25) is 28.5 Å². The van der Waals surface area contributed by atoms with E-state index in [0.29, 0.717) is 42.4 Å². The zero-order valence-electron chi connectivity index (χ0n) is 25.2. The van der Waals surface area contributed by atoms with Crippen molar-refractivity contribution in [2.24, 2.45) is 5.92 Å². The number of aliphatic carboxylic acids is 1. The third-order valence-corrected chi connectivity index (χ3v) is 8.40. The average Bonchev–Trinajstić information content (AvgIpc) is 3.49. The number of likely N-dealkylation sites (tertiary alicyclic amines) is 1. The van der Waals surface area contributed by atoms with E-state index in [1.165, 1.54) is 7.11 Å². The number of unbranched alkanes of at least 4 members (excludes halogenated alkanes) is 1. The van der Waals surface area contributed by atoms with Crippen LogP contribution in [0.4, 0.5) is 0 Å². The zero-order chi connectivity index (χ0) is 30.4. The van der Waals surface area contributed by atoms with Gasteiger partial charge in [0.1, 0.15) is 0 Å². The lowest BCUT2D eigenvalue weighted by Gasteiger charge is -2.30. The van der Waals surface area contributed by atoms with Crippen LogP contribution in [0.5, 0.6) is 17.2 Å². The maximum atomic E-state index is 13.7. The molecule has 0 spiro atoms. The summed E-state index contributed by atoms with van der Waals surface area (Å²) < 4.78 is 43.4. The van der Waals surface area contributed by atoms with E-state index in [4.69, 9.17) is 14.2 Å². The molecule has 1 aromatic rings. The van der Waals surface area contributed by atoms with Crippen molar-refractivity contribution in [2.45, 2.75) is 44.6 Å². The predicted octanol–water partition coefficient (Wildman–Crippen LogP) is 1.56. The van der Waals surface area contributed by atoms with Crippen LogP contribution in [0.1, 0.15) is 44.1 Å². The summed E-state index contributed by atoms with van der Waals surface area (Å²) in [5, 5.41) is 10.4. The molecule has 0 aromatic heterocycles. The van der Waals surface area contributed by atoms with E-state index >= 15 is 0 Å². The highest BCUT2D eigenvalue weighted by molar-refractivity contribution is 7.88. The number of carboxylic acids is 1. The van der Waals surface area contributed by atoms with E-state index in [1.54, 1.807) is 12.1 Å². The maximum Gasteiger partial charge on any atom is 0.308 e. The minimum Gasteiger partial charge on any atom is -0.493 e. The van der Waals surface area contributed by atoms with Crippen LogP contribution in [0, 0.1) is 5.92 Å². The summed E-state index contributed by atoms with van der Waals surface area (Å²) in [5.74, 6) is -0.998. The Hall–Kier alpha value is -2.61. The summed E-state index contributed by atoms with van der Waals surface area (Å²) >= 11 is 0. The van der Waals surface area contributed by atoms with Crippen LogP contribution in [0.25, 0.3) is 0 Å². The number of benzene rings is 1. The third-order valence-electron chi connectivity index (χ3n) is 7.68. The number of rotatable bonds is 16. The molecule has 0 radical (unpaired) electrons. The van der Waals surface area contributed by atoms with E-state index < -0.39 is 33.9 Å². The number of amides is 1. The molecule has 0 bridgehead atoms. The Kier molecular flexibility index (Phi) is 11.3. The number of carboxylic acid groups (broad SMARTS) is 1. The zero-order valence-corrected chi connectivity index (χ0v) is 26.0. The molecule has 0 aliphatic carbocycles. The van der Waals surface area contributed by atoms with Crippen LogP contribution in [0.3, 0.4) is 0 Å². The Morgan fingerprint density at radius 2 is 1.90 bits per heavy atom. The molecule has 1 unspecified atom stereocenters. The second kappa shape index (κ2) is 14.0. The second-order valence-electron chi connectivity index (χ2n) is 12.0. The molecule has 3 rings (SSSR count). The highest BCUT2D eigenvalue weighted by Gasteiger charge is 2.47. The number of ether oxygens (including phenoxy) is 3. The highest BCUT2D eigenvalue weighted by atomic mass is 32.2. The van der Waals surface area contributed by atoms with Crippen molar-refractivity contribution in [3.63, 3.8) is 0 Å². The quantitative estimate of drug-likeness (QED) is 0.272. The summed E-state index contributed by atoms with van der Waals surface area (Å²) in [6.45, 7) is 4.77. The van der Waals surface area contributed by atoms with Gasteiger partial charge in [-0.05, 0) is 30.5 Å². The topological polar surface area (TPSA) is 135 Å². The first-order valence-electron chi connectivity index (χ1n) is 14.2. The first-order chi connectivity index (χ1) is 19.2. The molecule has 0 saturated carbocycles. The van der Waals surface area contributed by atoms with Crippen molar-refractivity contribution in [3.05, 3.63) is 17.7 Å². The fraction of sp³-hybridized carbons (Fsp3) is 0.714. The molecule has 2 aliphatic rings. The molecule has 1 aromatic carbocycles. The van der Waals surface area contributed by atoms with Gasteiger partial charge in [-0.15, -0.1) is 0 Å². The van der Waals surface area contributed by atoms with Gasteiger partial charge in [-0.2, -0.15) is 0 Å². The van der Waals surface area contributed by atoms with Gasteiger partial charge in [-0.3, -0.25) is 14.5 Å². The van der Waals surface area contributed by atoms with E-state index in [9.17, 15) is 23.1 Å². The molecule has 12 nitrogen and oxygen atoms in total. The number of quaternary nitrogens is 1. The fourth-order valence-corrected chi connectivity index (χ4v) is 6.15. The summed E-state index contributed by atoms with van der Waals surface area (Å²) in [7, 11) is 4.41. The maximum absolute atomic E-state index is 13.7. The van der Waals surface area contributed by atoms with Gasteiger partial charge in [-0.25, -0.2) is 13.1 Å². The molecule has 13 heteroatoms. The van der Waals surface area contributed by atoms with Crippen LogP contribution in [-0.2, 0) is 19.6 Å². The van der Waals surface area contributed by atoms with Gasteiger partial charge in [0, 0.05) is 44.6 Å². The lowest BCUT2D eigenvalue weighted by molar-refractivity contribution is -0.870. The lowest BCUT2D eigenvalue weighted by atomic mass is 9.84. The van der Waals surface area contributed by atoms with Crippen molar-refractivity contribution < 1.29 is 41.8 Å². The van der Waals surface area contributed by atoms with Crippen molar-refractivity contribution >= 4 is 21.9 Å². The van der Waals surface area contributed by atoms with E-state index in [0.717, 1.165) is 36.5 Å². The molecule has 2 aliphatic heterocycles. The number of hydrogen-bond acceptors (Lipinski definition) is 8. The van der Waals surface area contributed by atoms with Gasteiger partial charge in [0.05, 0.1) is 53.5 Å². The average molecular weight is 600 g/mol. The van der Waals surface area contributed by atoms with Crippen molar-refractivity contribution in [1.29, 1.82) is 0 Å². The minimum absolute atomic E-state index is 0.0459. The smallest absolute Gasteiger partial charge is 0.308 e. The van der Waals surface area contributed by atoms with E-state index in [1.807, 2.05) is 9.80 Å². The fourth-order valence-electron chi connectivity index (χ4n) is 5.67. The summed E-state index contributed by atoms with van der Waals surface area (Å²) in [5.41, 5.74) is 0.709. The number of carbonyl (C=O) groups excluding carboxylic acids is 1. The Balaban J connectivity index is 1.89. The molecule has 41 heavy (non-hydrogen) atoms. The number of hydrogen-bond donors (Lipinski definition) is 2. The van der Waals surface area contributed by atoms with Crippen molar-refractivity contribution in [2.75, 3.05) is 80.6 Å². The van der Waals surface area contributed by atoms with Crippen LogP contribution in [0.2, 0.25) is 0 Å². The Morgan fingerprint density at radius 3 is 2.51 bits per heavy atom. The van der Waals surface area contributed by atoms with Crippen LogP contribution in [-0.4, -0.2) is 126 Å². The monoisotopic (exact) mass is 599 g/mol. The Bertz CT molecular complexity index is 1170. The first kappa shape index (κ1) is 32.9. The van der Waals surface area contributed by atoms with Gasteiger partial charge >= 0.3 is 5.97 Å². The molecule has 1 amide bonds. The second-order valence-corrected chi connectivity index (χ2v) is 13.8. The standard InChI is InChI=1S/C28H46N4O8S/c1-7-8-12-30(13-9-14-32(2,3)4)25(33)18-31-17-21(20-15-23(38-5)27-24(16-20)39-19-40-27)26(28(34)35)22(31)10-11-29-41(6,36)37/h15-16,21-22,26,29H,7-14,17-19H2,1-6H3/p+1/t21-,22+,26?/m1/s1. The van der Waals surface area contributed by atoms with E-state index in [2.05, 4.69) is 32.8 Å². The highest BCUT2D eigenvalue weighted by Crippen LogP contribution is 2.47. The van der Waals surface area contributed by atoms with Crippen LogP contribution < -0.4 is 18.9 Å². The number of carbonyl (C=O) groups is 2. The van der Waals surface area contributed by atoms with Gasteiger partial charge in [-0.1, -0.05) is 13.3 Å². The normalized spacial score (nSPS) is 20.8. The van der Waals surface area contributed by atoms with E-state index in [-0.39, 0.29) is 32.2 Å². The Labute approximate surface area is 244 Å². The Morgan fingerprint density at radius 1 is 1.20 bits per heavy atom. The number of fused-ring (bicyclic) bond motifs is 1. The van der Waals surface area contributed by atoms with Crippen LogP contribution >= 0.6 is 0 Å². The summed E-state index contributed by atoms with van der Waals surface area (Å²) in [6.07, 6.45) is 4.01. The molecule has 2 heterocycles. The number of methoxy groups -OCH3 is 1. The minimum atomic E-state index is -3.46. The van der Waals surface area contributed by atoms with Gasteiger partial charge in [0.25, 0.3) is 0 Å². The largest absolute Gasteiger partial charge is 0.493 e. The lowest BCUT2D eigenvalue weighted by Crippen LogP contribution is -2.46. The molecule has 3 atom stereocenters. The third kappa shape index (κ3) is 9.19. The number of nitrogens with one attached hydrogen (secondary N) is 1. The number of nitrogens with zero attached hydrogens (tertiary/aromatic N) is 3. The molecule has 232 valence electrons. The number of sulfonamides is 1. The summed E-state index contributed by atoms with van der Waals surface area (Å²) in [6, 6.07) is 2.98. The molecule has 2 N–H and O–H groups in total. The predicted molar refractivity (Wildman–Crippen MR) is 155 cm³/mol. The van der Waals surface area contributed by atoms with Gasteiger partial charge in [0.15, 0.2) is 11.5 Å². The van der Waals surface area contributed by atoms with Crippen LogP contribution in [0.15, 0.2) is 12.1 Å². The SMILES string of the molecule is CCCCN(CCC[N+](C)(C)C)C(=O)CN1C[C@H](c2cc(OC)c3c(c2)OCO3)C(C(=O)O)[C@@H]1CCNS(C)(=O)=O. The first-order valence-corrected chi connectivity index (χ1v) is 16.1. The molecule has 1 saturated heterocycles. The molecule has 1 fully saturated rings. The molecular formula is C28H47N4O8S+. The van der Waals surface area contributed by atoms with Gasteiger partial charge < -0.3 is 28.7 Å². The summed E-state index contributed by atoms with van der Waals surface area (Å²) in [4.78, 5) is 30.2. The van der Waals surface area contributed by atoms with Crippen molar-refractivity contribution in [3.8, 4) is 17.2 Å².